The summed E-state index contributed by atoms with van der Waals surface area (Å²) in [5.74, 6) is 0.308. The molecule has 0 aliphatic heterocycles. The highest BCUT2D eigenvalue weighted by Gasteiger charge is 2.43. The van der Waals surface area contributed by atoms with E-state index in [9.17, 15) is 4.79 Å². The number of nitrogens with zero attached hydrogens (tertiary/aromatic N) is 1. The number of hydrogen-bond acceptors (Lipinski definition) is 2. The third-order valence-electron chi connectivity index (χ3n) is 2.33. The van der Waals surface area contributed by atoms with Crippen LogP contribution < -0.4 is 5.32 Å². The van der Waals surface area contributed by atoms with Gasteiger partial charge in [0.2, 0.25) is 6.41 Å². The van der Waals surface area contributed by atoms with Gasteiger partial charge < -0.3 is 5.32 Å². The maximum Gasteiger partial charge on any atom is 0.208 e. The van der Waals surface area contributed by atoms with E-state index in [1.165, 1.54) is 0 Å². The molecule has 0 aromatic heterocycles. The van der Waals surface area contributed by atoms with Gasteiger partial charge in [-0.25, -0.2) is 0 Å². The monoisotopic (exact) mass is 136 g/mol. The predicted molar refractivity (Wildman–Crippen MR) is 39.1 cm³/mol. The zero-order valence-corrected chi connectivity index (χ0v) is 5.92. The summed E-state index contributed by atoms with van der Waals surface area (Å²) >= 11 is 0. The molecule has 0 radical (unpaired) electrons. The van der Waals surface area contributed by atoms with Crippen LogP contribution in [0.15, 0.2) is 0 Å². The first kappa shape index (κ1) is 7.14. The van der Waals surface area contributed by atoms with E-state index in [0.717, 1.165) is 12.8 Å². The molecule has 3 nitrogen and oxygen atoms in total. The Morgan fingerprint density at radius 2 is 2.60 bits per heavy atom. The Balaban J connectivity index is 2.62. The fourth-order valence-corrected chi connectivity index (χ4v) is 1.24. The van der Waals surface area contributed by atoms with Gasteiger partial charge >= 0.3 is 0 Å². The van der Waals surface area contributed by atoms with E-state index in [4.69, 9.17) is 5.26 Å². The first-order valence-corrected chi connectivity index (χ1v) is 3.38. The van der Waals surface area contributed by atoms with Crippen molar-refractivity contribution in [3.05, 3.63) is 0 Å². The molecule has 0 heterocycles. The third kappa shape index (κ3) is 0.785. The Hall–Kier alpha value is -0.975. The van der Waals surface area contributed by atoms with Crippen LogP contribution in [0.5, 0.6) is 0 Å². The molecule has 1 rings (SSSR count). The molecule has 1 saturated carbocycles. The molecule has 1 fully saturated rings. The SMILES string of the molecule is BC1CCC1(C#N)NC=O. The molecule has 0 bridgehead atoms. The Kier molecular flexibility index (Phi) is 1.67. The predicted octanol–water partition coefficient (Wildman–Crippen LogP) is -0.790. The number of rotatable bonds is 2. The van der Waals surface area contributed by atoms with Crippen molar-refractivity contribution < 1.29 is 4.79 Å². The third-order valence-corrected chi connectivity index (χ3v) is 2.33. The molecule has 2 atom stereocenters. The maximum absolute atomic E-state index is 10.1. The molecule has 0 aromatic carbocycles. The van der Waals surface area contributed by atoms with Crippen LogP contribution in [0, 0.1) is 11.3 Å². The normalized spacial score (nSPS) is 37.3. The molecule has 52 valence electrons. The summed E-state index contributed by atoms with van der Waals surface area (Å²) in [4.78, 5) is 10.1. The number of carbonyl (C=O) groups excluding carboxylic acids is 1. The Labute approximate surface area is 60.8 Å². The van der Waals surface area contributed by atoms with Crippen molar-refractivity contribution in [2.24, 2.45) is 0 Å². The summed E-state index contributed by atoms with van der Waals surface area (Å²) in [5, 5.41) is 11.2. The van der Waals surface area contributed by atoms with Crippen molar-refractivity contribution in [1.82, 2.24) is 5.32 Å². The minimum absolute atomic E-state index is 0.308. The zero-order chi connectivity index (χ0) is 7.61. The summed E-state index contributed by atoms with van der Waals surface area (Å²) in [6.45, 7) is 0. The second kappa shape index (κ2) is 2.33. The van der Waals surface area contributed by atoms with Gasteiger partial charge in [-0.3, -0.25) is 4.79 Å². The van der Waals surface area contributed by atoms with Crippen LogP contribution >= 0.6 is 0 Å². The number of nitrogens with one attached hydrogen (secondary N) is 1. The Bertz CT molecular complexity index is 189. The van der Waals surface area contributed by atoms with Crippen molar-refractivity contribution >= 4 is 14.3 Å². The lowest BCUT2D eigenvalue weighted by Gasteiger charge is -2.41. The van der Waals surface area contributed by atoms with Crippen LogP contribution in [0.2, 0.25) is 5.82 Å². The summed E-state index contributed by atoms with van der Waals surface area (Å²) < 4.78 is 0. The summed E-state index contributed by atoms with van der Waals surface area (Å²) in [6.07, 6.45) is 2.44. The van der Waals surface area contributed by atoms with E-state index in [2.05, 4.69) is 11.4 Å². The van der Waals surface area contributed by atoms with Crippen molar-refractivity contribution in [3.8, 4) is 6.07 Å². The van der Waals surface area contributed by atoms with E-state index in [-0.39, 0.29) is 0 Å². The van der Waals surface area contributed by atoms with E-state index < -0.39 is 5.54 Å². The van der Waals surface area contributed by atoms with E-state index in [1.807, 2.05) is 7.85 Å². The molecular formula is C6H9BN2O. The molecule has 10 heavy (non-hydrogen) atoms. The molecule has 0 aromatic rings. The van der Waals surface area contributed by atoms with Crippen molar-refractivity contribution in [3.63, 3.8) is 0 Å². The molecule has 1 amide bonds. The average Bonchev–Trinajstić information content (AvgIpc) is 1.97. The highest BCUT2D eigenvalue weighted by atomic mass is 16.1. The first-order valence-electron chi connectivity index (χ1n) is 3.38. The molecule has 1 N–H and O–H groups in total. The molecule has 0 spiro atoms. The summed E-state index contributed by atoms with van der Waals surface area (Å²) in [5.41, 5.74) is -0.540. The van der Waals surface area contributed by atoms with Crippen LogP contribution in [-0.2, 0) is 4.79 Å². The van der Waals surface area contributed by atoms with E-state index >= 15 is 0 Å². The van der Waals surface area contributed by atoms with Gasteiger partial charge in [0.15, 0.2) is 0 Å². The van der Waals surface area contributed by atoms with Gasteiger partial charge in [0.05, 0.1) is 6.07 Å². The smallest absolute Gasteiger partial charge is 0.208 e. The maximum atomic E-state index is 10.1. The van der Waals surface area contributed by atoms with Crippen molar-refractivity contribution in [2.75, 3.05) is 0 Å². The number of nitriles is 1. The molecule has 0 saturated heterocycles. The van der Waals surface area contributed by atoms with Crippen LogP contribution in [0.4, 0.5) is 0 Å². The average molecular weight is 136 g/mol. The fraction of sp³-hybridized carbons (Fsp3) is 0.667. The minimum atomic E-state index is -0.540. The molecular weight excluding hydrogens is 127 g/mol. The van der Waals surface area contributed by atoms with Gasteiger partial charge in [-0.05, 0) is 12.2 Å². The van der Waals surface area contributed by atoms with E-state index in [1.54, 1.807) is 0 Å². The van der Waals surface area contributed by atoms with Crippen molar-refractivity contribution in [2.45, 2.75) is 24.2 Å². The van der Waals surface area contributed by atoms with Crippen LogP contribution in [-0.4, -0.2) is 19.8 Å². The van der Waals surface area contributed by atoms with Crippen LogP contribution in [0.3, 0.4) is 0 Å². The topological polar surface area (TPSA) is 52.9 Å². The Morgan fingerprint density at radius 3 is 2.70 bits per heavy atom. The number of hydrogen-bond donors (Lipinski definition) is 1. The molecule has 1 aliphatic rings. The highest BCUT2D eigenvalue weighted by Crippen LogP contribution is 2.40. The highest BCUT2D eigenvalue weighted by molar-refractivity contribution is 6.13. The van der Waals surface area contributed by atoms with Gasteiger partial charge in [0.25, 0.3) is 0 Å². The summed E-state index contributed by atoms with van der Waals surface area (Å²) in [6, 6.07) is 2.12. The van der Waals surface area contributed by atoms with Gasteiger partial charge in [0, 0.05) is 0 Å². The standard InChI is InChI=1S/C6H9BN2O/c7-5-1-2-6(5,3-8)9-4-10/h4-5H,1-2,7H2,(H,9,10). The van der Waals surface area contributed by atoms with Crippen LogP contribution in [0.25, 0.3) is 0 Å². The van der Waals surface area contributed by atoms with Crippen LogP contribution in [0.1, 0.15) is 12.8 Å². The summed E-state index contributed by atoms with van der Waals surface area (Å²) in [7, 11) is 1.98. The lowest BCUT2D eigenvalue weighted by atomic mass is 9.57. The quantitative estimate of drug-likeness (QED) is 0.399. The van der Waals surface area contributed by atoms with Gasteiger partial charge in [-0.1, -0.05) is 6.42 Å². The lowest BCUT2D eigenvalue weighted by molar-refractivity contribution is -0.111. The zero-order valence-electron chi connectivity index (χ0n) is 5.92. The first-order chi connectivity index (χ1) is 4.75. The minimum Gasteiger partial charge on any atom is -0.341 e. The molecule has 1 aliphatic carbocycles. The fourth-order valence-electron chi connectivity index (χ4n) is 1.24. The second-order valence-electron chi connectivity index (χ2n) is 2.79. The van der Waals surface area contributed by atoms with E-state index in [0.29, 0.717) is 12.2 Å². The number of amides is 1. The molecule has 4 heteroatoms. The van der Waals surface area contributed by atoms with Gasteiger partial charge in [0.1, 0.15) is 13.4 Å². The van der Waals surface area contributed by atoms with Gasteiger partial charge in [-0.2, -0.15) is 5.26 Å². The molecule has 2 unspecified atom stereocenters. The van der Waals surface area contributed by atoms with Crippen molar-refractivity contribution in [1.29, 1.82) is 5.26 Å². The Morgan fingerprint density at radius 1 is 1.90 bits per heavy atom. The largest absolute Gasteiger partial charge is 0.341 e. The lowest BCUT2D eigenvalue weighted by Crippen LogP contribution is -2.53. The number of carbonyl (C=O) groups is 1. The second-order valence-corrected chi connectivity index (χ2v) is 2.79. The van der Waals surface area contributed by atoms with Gasteiger partial charge in [-0.15, -0.1) is 0 Å².